The first-order valence-corrected chi connectivity index (χ1v) is 7.37. The lowest BCUT2D eigenvalue weighted by atomic mass is 10.2. The van der Waals surface area contributed by atoms with Crippen LogP contribution in [0.5, 0.6) is 0 Å². The molecule has 1 aliphatic heterocycles. The number of pyridine rings is 1. The highest BCUT2D eigenvalue weighted by molar-refractivity contribution is 5.91. The third-order valence-corrected chi connectivity index (χ3v) is 3.48. The van der Waals surface area contributed by atoms with Gasteiger partial charge >= 0.3 is 0 Å². The number of aromatic nitrogens is 1. The molecule has 0 radical (unpaired) electrons. The standard InChI is InChI=1S/C16H22N4O2/c1-18(2)13-16(22)20-11-9-19(10-12-20)15(21)7-6-14-5-3-4-8-17-14/h3-8H,9-13H2,1-2H3. The summed E-state index contributed by atoms with van der Waals surface area (Å²) in [4.78, 5) is 33.7. The number of piperazine rings is 1. The first-order valence-electron chi connectivity index (χ1n) is 7.37. The lowest BCUT2D eigenvalue weighted by Crippen LogP contribution is -2.51. The second-order valence-electron chi connectivity index (χ2n) is 5.53. The zero-order chi connectivity index (χ0) is 15.9. The van der Waals surface area contributed by atoms with Crippen molar-refractivity contribution in [2.45, 2.75) is 0 Å². The van der Waals surface area contributed by atoms with Crippen LogP contribution in [0, 0.1) is 0 Å². The van der Waals surface area contributed by atoms with Crippen LogP contribution in [0.3, 0.4) is 0 Å². The second-order valence-corrected chi connectivity index (χ2v) is 5.53. The van der Waals surface area contributed by atoms with Crippen LogP contribution in [0.2, 0.25) is 0 Å². The highest BCUT2D eigenvalue weighted by Gasteiger charge is 2.23. The van der Waals surface area contributed by atoms with Crippen molar-refractivity contribution in [1.82, 2.24) is 19.7 Å². The minimum absolute atomic E-state index is 0.0367. The molecule has 22 heavy (non-hydrogen) atoms. The van der Waals surface area contributed by atoms with E-state index >= 15 is 0 Å². The van der Waals surface area contributed by atoms with Crippen LogP contribution < -0.4 is 0 Å². The number of hydrogen-bond acceptors (Lipinski definition) is 4. The van der Waals surface area contributed by atoms with Gasteiger partial charge in [0.1, 0.15) is 0 Å². The number of nitrogens with zero attached hydrogens (tertiary/aromatic N) is 4. The third kappa shape index (κ3) is 4.66. The molecule has 2 heterocycles. The molecule has 6 heteroatoms. The molecule has 0 aromatic carbocycles. The molecule has 0 bridgehead atoms. The monoisotopic (exact) mass is 302 g/mol. The van der Waals surface area contributed by atoms with Crippen LogP contribution >= 0.6 is 0 Å². The first kappa shape index (κ1) is 16.2. The minimum atomic E-state index is -0.0367. The lowest BCUT2D eigenvalue weighted by Gasteiger charge is -2.34. The first-order chi connectivity index (χ1) is 10.6. The Morgan fingerprint density at radius 3 is 2.45 bits per heavy atom. The number of hydrogen-bond donors (Lipinski definition) is 0. The molecule has 2 amide bonds. The summed E-state index contributed by atoms with van der Waals surface area (Å²) in [5, 5.41) is 0. The van der Waals surface area contributed by atoms with Gasteiger partial charge in [-0.25, -0.2) is 0 Å². The smallest absolute Gasteiger partial charge is 0.246 e. The summed E-state index contributed by atoms with van der Waals surface area (Å²) < 4.78 is 0. The zero-order valence-corrected chi connectivity index (χ0v) is 13.1. The summed E-state index contributed by atoms with van der Waals surface area (Å²) in [7, 11) is 3.75. The van der Waals surface area contributed by atoms with Gasteiger partial charge < -0.3 is 14.7 Å². The fourth-order valence-electron chi connectivity index (χ4n) is 2.28. The molecule has 0 unspecified atom stereocenters. The van der Waals surface area contributed by atoms with Crippen molar-refractivity contribution in [2.24, 2.45) is 0 Å². The van der Waals surface area contributed by atoms with Crippen LogP contribution in [-0.2, 0) is 9.59 Å². The van der Waals surface area contributed by atoms with E-state index in [2.05, 4.69) is 4.98 Å². The molecule has 0 atom stereocenters. The van der Waals surface area contributed by atoms with Crippen molar-refractivity contribution in [3.63, 3.8) is 0 Å². The lowest BCUT2D eigenvalue weighted by molar-refractivity contribution is -0.137. The van der Waals surface area contributed by atoms with E-state index in [1.807, 2.05) is 42.1 Å². The summed E-state index contributed by atoms with van der Waals surface area (Å²) >= 11 is 0. The Morgan fingerprint density at radius 2 is 1.86 bits per heavy atom. The molecule has 0 spiro atoms. The Morgan fingerprint density at radius 1 is 1.18 bits per heavy atom. The quantitative estimate of drug-likeness (QED) is 0.752. The Kier molecular flexibility index (Phi) is 5.66. The fourth-order valence-corrected chi connectivity index (χ4v) is 2.28. The Bertz CT molecular complexity index is 534. The number of rotatable bonds is 4. The Balaban J connectivity index is 1.82. The minimum Gasteiger partial charge on any atom is -0.338 e. The molecular formula is C16H22N4O2. The largest absolute Gasteiger partial charge is 0.338 e. The molecule has 1 aliphatic rings. The molecule has 1 fully saturated rings. The maximum absolute atomic E-state index is 12.1. The van der Waals surface area contributed by atoms with Gasteiger partial charge in [-0.2, -0.15) is 0 Å². The SMILES string of the molecule is CN(C)CC(=O)N1CCN(C(=O)C=Cc2ccccn2)CC1. The average Bonchev–Trinajstić information content (AvgIpc) is 2.53. The van der Waals surface area contributed by atoms with Gasteiger partial charge in [0.25, 0.3) is 0 Å². The highest BCUT2D eigenvalue weighted by Crippen LogP contribution is 2.05. The van der Waals surface area contributed by atoms with E-state index in [-0.39, 0.29) is 11.8 Å². The highest BCUT2D eigenvalue weighted by atomic mass is 16.2. The molecule has 1 aromatic heterocycles. The summed E-state index contributed by atoms with van der Waals surface area (Å²) in [6.45, 7) is 2.74. The van der Waals surface area contributed by atoms with Crippen LogP contribution in [0.15, 0.2) is 30.5 Å². The summed E-state index contributed by atoms with van der Waals surface area (Å²) in [5.74, 6) is 0.0755. The molecule has 118 valence electrons. The number of likely N-dealkylation sites (N-methyl/N-ethyl adjacent to an activating group) is 1. The van der Waals surface area contributed by atoms with Crippen LogP contribution in [0.4, 0.5) is 0 Å². The van der Waals surface area contributed by atoms with E-state index in [9.17, 15) is 9.59 Å². The molecule has 1 aromatic rings. The number of carbonyl (C=O) groups excluding carboxylic acids is 2. The van der Waals surface area contributed by atoms with Gasteiger partial charge in [-0.15, -0.1) is 0 Å². The molecule has 6 nitrogen and oxygen atoms in total. The van der Waals surface area contributed by atoms with Crippen molar-refractivity contribution < 1.29 is 9.59 Å². The zero-order valence-electron chi connectivity index (χ0n) is 13.1. The van der Waals surface area contributed by atoms with Crippen LogP contribution in [-0.4, -0.2) is 78.3 Å². The van der Waals surface area contributed by atoms with E-state index in [0.717, 1.165) is 5.69 Å². The predicted octanol–water partition coefficient (Wildman–Crippen LogP) is 0.327. The van der Waals surface area contributed by atoms with Crippen molar-refractivity contribution in [2.75, 3.05) is 46.8 Å². The third-order valence-electron chi connectivity index (χ3n) is 3.48. The molecule has 0 N–H and O–H groups in total. The molecule has 0 aliphatic carbocycles. The van der Waals surface area contributed by atoms with Gasteiger partial charge in [0, 0.05) is 38.5 Å². The van der Waals surface area contributed by atoms with Gasteiger partial charge in [-0.1, -0.05) is 6.07 Å². The van der Waals surface area contributed by atoms with E-state index in [0.29, 0.717) is 32.7 Å². The normalized spacial score (nSPS) is 15.6. The molecule has 0 saturated carbocycles. The second kappa shape index (κ2) is 7.70. The average molecular weight is 302 g/mol. The number of amides is 2. The summed E-state index contributed by atoms with van der Waals surface area (Å²) in [6, 6.07) is 5.57. The van der Waals surface area contributed by atoms with E-state index in [1.54, 1.807) is 23.2 Å². The van der Waals surface area contributed by atoms with Crippen molar-refractivity contribution >= 4 is 17.9 Å². The maximum Gasteiger partial charge on any atom is 0.246 e. The van der Waals surface area contributed by atoms with E-state index in [1.165, 1.54) is 0 Å². The molecule has 1 saturated heterocycles. The van der Waals surface area contributed by atoms with Gasteiger partial charge in [-0.3, -0.25) is 14.6 Å². The summed E-state index contributed by atoms with van der Waals surface area (Å²) in [5.41, 5.74) is 0.760. The van der Waals surface area contributed by atoms with Crippen LogP contribution in [0.25, 0.3) is 6.08 Å². The topological polar surface area (TPSA) is 56.8 Å². The van der Waals surface area contributed by atoms with Crippen molar-refractivity contribution in [3.8, 4) is 0 Å². The molecular weight excluding hydrogens is 280 g/mol. The fraction of sp³-hybridized carbons (Fsp3) is 0.438. The predicted molar refractivity (Wildman–Crippen MR) is 85.0 cm³/mol. The van der Waals surface area contributed by atoms with Crippen molar-refractivity contribution in [3.05, 3.63) is 36.2 Å². The van der Waals surface area contributed by atoms with Gasteiger partial charge in [0.15, 0.2) is 0 Å². The van der Waals surface area contributed by atoms with Gasteiger partial charge in [0.2, 0.25) is 11.8 Å². The Hall–Kier alpha value is -2.21. The number of carbonyl (C=O) groups is 2. The Labute approximate surface area is 131 Å². The molecule has 2 rings (SSSR count). The maximum atomic E-state index is 12.1. The van der Waals surface area contributed by atoms with Gasteiger partial charge in [-0.05, 0) is 32.3 Å². The summed E-state index contributed by atoms with van der Waals surface area (Å²) in [6.07, 6.45) is 4.95. The van der Waals surface area contributed by atoms with E-state index < -0.39 is 0 Å². The van der Waals surface area contributed by atoms with Crippen molar-refractivity contribution in [1.29, 1.82) is 0 Å². The van der Waals surface area contributed by atoms with E-state index in [4.69, 9.17) is 0 Å². The van der Waals surface area contributed by atoms with Crippen LogP contribution in [0.1, 0.15) is 5.69 Å². The van der Waals surface area contributed by atoms with Gasteiger partial charge in [0.05, 0.1) is 12.2 Å².